The van der Waals surface area contributed by atoms with Gasteiger partial charge in [0.2, 0.25) is 0 Å². The van der Waals surface area contributed by atoms with Gasteiger partial charge in [-0.3, -0.25) is 4.79 Å². The molecule has 1 amide bonds. The van der Waals surface area contributed by atoms with Crippen molar-refractivity contribution in [2.75, 3.05) is 12.3 Å². The van der Waals surface area contributed by atoms with Gasteiger partial charge in [0.05, 0.1) is 6.10 Å². The van der Waals surface area contributed by atoms with Crippen LogP contribution in [0.2, 0.25) is 0 Å². The van der Waals surface area contributed by atoms with E-state index in [2.05, 4.69) is 5.32 Å². The van der Waals surface area contributed by atoms with Gasteiger partial charge in [-0.05, 0) is 50.3 Å². The molecule has 3 rings (SSSR count). The monoisotopic (exact) mass is 310 g/mol. The van der Waals surface area contributed by atoms with Crippen molar-refractivity contribution < 1.29 is 9.53 Å². The van der Waals surface area contributed by atoms with Gasteiger partial charge < -0.3 is 15.8 Å². The summed E-state index contributed by atoms with van der Waals surface area (Å²) < 4.78 is 5.75. The minimum Gasteiger partial charge on any atom is -0.399 e. The van der Waals surface area contributed by atoms with Gasteiger partial charge in [0.1, 0.15) is 0 Å². The van der Waals surface area contributed by atoms with Crippen LogP contribution in [-0.4, -0.2) is 24.7 Å². The molecule has 0 radical (unpaired) electrons. The Morgan fingerprint density at radius 1 is 1.33 bits per heavy atom. The van der Waals surface area contributed by atoms with Crippen molar-refractivity contribution >= 4 is 24.0 Å². The first-order valence-electron chi connectivity index (χ1n) is 7.44. The summed E-state index contributed by atoms with van der Waals surface area (Å²) in [5.41, 5.74) is 8.07. The Bertz CT molecular complexity index is 521. The van der Waals surface area contributed by atoms with Crippen molar-refractivity contribution in [2.45, 2.75) is 44.8 Å². The topological polar surface area (TPSA) is 64.4 Å². The second kappa shape index (κ2) is 6.67. The smallest absolute Gasteiger partial charge is 0.251 e. The number of hydrogen-bond donors (Lipinski definition) is 2. The number of fused-ring (bicyclic) bond motifs is 1. The molecule has 116 valence electrons. The van der Waals surface area contributed by atoms with Crippen LogP contribution in [0.5, 0.6) is 0 Å². The molecule has 1 saturated carbocycles. The summed E-state index contributed by atoms with van der Waals surface area (Å²) in [5, 5.41) is 3.20. The number of nitrogen functional groups attached to an aromatic ring is 1. The minimum absolute atomic E-state index is 0. The second-order valence-electron chi connectivity index (χ2n) is 5.95. The van der Waals surface area contributed by atoms with E-state index in [-0.39, 0.29) is 24.4 Å². The number of halogens is 1. The molecule has 2 fully saturated rings. The fourth-order valence-corrected chi connectivity index (χ4v) is 3.49. The first kappa shape index (κ1) is 16.1. The number of hydrogen-bond acceptors (Lipinski definition) is 3. The van der Waals surface area contributed by atoms with E-state index in [0.29, 0.717) is 23.3 Å². The van der Waals surface area contributed by atoms with E-state index in [4.69, 9.17) is 10.5 Å². The Labute approximate surface area is 131 Å². The summed E-state index contributed by atoms with van der Waals surface area (Å²) in [5.74, 6) is 0.474. The Hall–Kier alpha value is -1.26. The summed E-state index contributed by atoms with van der Waals surface area (Å²) >= 11 is 0. The average Bonchev–Trinajstić information content (AvgIpc) is 2.91. The first-order chi connectivity index (χ1) is 9.65. The molecule has 1 aromatic rings. The quantitative estimate of drug-likeness (QED) is 0.825. The number of anilines is 1. The van der Waals surface area contributed by atoms with Gasteiger partial charge in [-0.15, -0.1) is 12.4 Å². The predicted molar refractivity (Wildman–Crippen MR) is 85.8 cm³/mol. The molecule has 3 atom stereocenters. The number of nitrogens with one attached hydrogen (secondary N) is 1. The van der Waals surface area contributed by atoms with Crippen LogP contribution in [0.1, 0.15) is 41.6 Å². The molecular formula is C16H23ClN2O2. The second-order valence-corrected chi connectivity index (χ2v) is 5.95. The summed E-state index contributed by atoms with van der Waals surface area (Å²) in [4.78, 5) is 12.5. The molecule has 1 aromatic carbocycles. The summed E-state index contributed by atoms with van der Waals surface area (Å²) in [6.07, 6.45) is 4.72. The highest BCUT2D eigenvalue weighted by Crippen LogP contribution is 2.34. The molecule has 0 bridgehead atoms. The van der Waals surface area contributed by atoms with E-state index < -0.39 is 0 Å². The third-order valence-electron chi connectivity index (χ3n) is 4.60. The average molecular weight is 311 g/mol. The Balaban J connectivity index is 0.00000161. The lowest BCUT2D eigenvalue weighted by Crippen LogP contribution is -2.45. The van der Waals surface area contributed by atoms with Crippen LogP contribution < -0.4 is 11.1 Å². The molecule has 21 heavy (non-hydrogen) atoms. The number of amides is 1. The Morgan fingerprint density at radius 3 is 2.95 bits per heavy atom. The number of rotatable bonds is 2. The zero-order chi connectivity index (χ0) is 14.1. The van der Waals surface area contributed by atoms with Crippen LogP contribution in [0.25, 0.3) is 0 Å². The lowest BCUT2D eigenvalue weighted by Gasteiger charge is -2.33. The maximum atomic E-state index is 12.5. The fourth-order valence-electron chi connectivity index (χ4n) is 3.49. The van der Waals surface area contributed by atoms with Crippen LogP contribution in [0, 0.1) is 12.8 Å². The maximum absolute atomic E-state index is 12.5. The lowest BCUT2D eigenvalue weighted by molar-refractivity contribution is 0.0510. The number of carbonyl (C=O) groups is 1. The molecule has 3 unspecified atom stereocenters. The van der Waals surface area contributed by atoms with Crippen LogP contribution in [0.3, 0.4) is 0 Å². The predicted octanol–water partition coefficient (Wildman–Crippen LogP) is 2.69. The fraction of sp³-hybridized carbons (Fsp3) is 0.562. The highest BCUT2D eigenvalue weighted by atomic mass is 35.5. The van der Waals surface area contributed by atoms with E-state index in [1.165, 1.54) is 0 Å². The SMILES string of the molecule is Cc1ccc(N)cc1C(=O)NC1CCCC2OCCC12.Cl. The van der Waals surface area contributed by atoms with Crippen LogP contribution in [-0.2, 0) is 4.74 Å². The van der Waals surface area contributed by atoms with Gasteiger partial charge in [-0.2, -0.15) is 0 Å². The molecule has 1 saturated heterocycles. The van der Waals surface area contributed by atoms with Crippen LogP contribution >= 0.6 is 12.4 Å². The van der Waals surface area contributed by atoms with Crippen molar-refractivity contribution in [3.63, 3.8) is 0 Å². The molecule has 3 N–H and O–H groups in total. The van der Waals surface area contributed by atoms with Crippen molar-refractivity contribution in [1.29, 1.82) is 0 Å². The lowest BCUT2D eigenvalue weighted by atomic mass is 9.81. The Kier molecular flexibility index (Phi) is 5.12. The summed E-state index contributed by atoms with van der Waals surface area (Å²) in [6.45, 7) is 2.77. The van der Waals surface area contributed by atoms with E-state index in [1.807, 2.05) is 19.1 Å². The molecule has 1 aliphatic heterocycles. The van der Waals surface area contributed by atoms with Crippen molar-refractivity contribution in [3.8, 4) is 0 Å². The van der Waals surface area contributed by atoms with E-state index in [0.717, 1.165) is 37.9 Å². The molecule has 1 heterocycles. The summed E-state index contributed by atoms with van der Waals surface area (Å²) in [7, 11) is 0. The normalized spacial score (nSPS) is 27.6. The van der Waals surface area contributed by atoms with Gasteiger partial charge in [-0.25, -0.2) is 0 Å². The third kappa shape index (κ3) is 3.33. The standard InChI is InChI=1S/C16H22N2O2.ClH/c1-10-5-6-11(17)9-13(10)16(19)18-14-3-2-4-15-12(14)7-8-20-15;/h5-6,9,12,14-15H,2-4,7-8,17H2,1H3,(H,18,19);1H. The molecule has 1 aliphatic carbocycles. The van der Waals surface area contributed by atoms with Gasteiger partial charge in [-0.1, -0.05) is 6.07 Å². The molecule has 2 aliphatic rings. The zero-order valence-corrected chi connectivity index (χ0v) is 13.1. The Morgan fingerprint density at radius 2 is 2.14 bits per heavy atom. The number of aryl methyl sites for hydroxylation is 1. The van der Waals surface area contributed by atoms with Crippen LogP contribution in [0.4, 0.5) is 5.69 Å². The minimum atomic E-state index is -0.00708. The first-order valence-corrected chi connectivity index (χ1v) is 7.44. The third-order valence-corrected chi connectivity index (χ3v) is 4.60. The van der Waals surface area contributed by atoms with E-state index in [9.17, 15) is 4.79 Å². The number of carbonyl (C=O) groups excluding carboxylic acids is 1. The van der Waals surface area contributed by atoms with Crippen molar-refractivity contribution in [2.24, 2.45) is 5.92 Å². The van der Waals surface area contributed by atoms with E-state index in [1.54, 1.807) is 6.07 Å². The molecule has 5 heteroatoms. The highest BCUT2D eigenvalue weighted by molar-refractivity contribution is 5.96. The van der Waals surface area contributed by atoms with Gasteiger partial charge >= 0.3 is 0 Å². The highest BCUT2D eigenvalue weighted by Gasteiger charge is 2.38. The van der Waals surface area contributed by atoms with Crippen molar-refractivity contribution in [3.05, 3.63) is 29.3 Å². The van der Waals surface area contributed by atoms with Crippen molar-refractivity contribution in [1.82, 2.24) is 5.32 Å². The van der Waals surface area contributed by atoms with Gasteiger partial charge in [0.25, 0.3) is 5.91 Å². The number of ether oxygens (including phenoxy) is 1. The number of nitrogens with two attached hydrogens (primary N) is 1. The largest absolute Gasteiger partial charge is 0.399 e. The zero-order valence-electron chi connectivity index (χ0n) is 12.3. The molecule has 0 aromatic heterocycles. The van der Waals surface area contributed by atoms with E-state index >= 15 is 0 Å². The van der Waals surface area contributed by atoms with Crippen LogP contribution in [0.15, 0.2) is 18.2 Å². The molecule has 4 nitrogen and oxygen atoms in total. The summed E-state index contributed by atoms with van der Waals surface area (Å²) in [6, 6.07) is 5.72. The van der Waals surface area contributed by atoms with Gasteiger partial charge in [0, 0.05) is 29.8 Å². The maximum Gasteiger partial charge on any atom is 0.251 e. The van der Waals surface area contributed by atoms with Gasteiger partial charge in [0.15, 0.2) is 0 Å². The molecular weight excluding hydrogens is 288 g/mol. The number of benzene rings is 1. The molecule has 0 spiro atoms.